The van der Waals surface area contributed by atoms with E-state index in [9.17, 15) is 5.11 Å². The van der Waals surface area contributed by atoms with Crippen LogP contribution >= 0.6 is 0 Å². The van der Waals surface area contributed by atoms with Crippen molar-refractivity contribution < 1.29 is 19.2 Å². The molecule has 2 aromatic rings. The van der Waals surface area contributed by atoms with Crippen molar-refractivity contribution in [3.8, 4) is 11.5 Å². The van der Waals surface area contributed by atoms with Crippen LogP contribution in [0.3, 0.4) is 0 Å². The molecule has 3 aliphatic heterocycles. The molecule has 3 aliphatic rings. The summed E-state index contributed by atoms with van der Waals surface area (Å²) in [6.07, 6.45) is 4.53. The van der Waals surface area contributed by atoms with E-state index in [2.05, 4.69) is 9.48 Å². The normalized spacial score (nSPS) is 24.6. The summed E-state index contributed by atoms with van der Waals surface area (Å²) < 4.78 is 13.8. The molecule has 140 valence electrons. The quantitative estimate of drug-likeness (QED) is 0.831. The Labute approximate surface area is 159 Å². The largest absolute Gasteiger partial charge is 0.486 e. The number of amidine groups is 1. The van der Waals surface area contributed by atoms with Crippen LogP contribution in [0.5, 0.6) is 11.5 Å². The highest BCUT2D eigenvalue weighted by atomic mass is 16.6. The average Bonchev–Trinajstić information content (AvgIpc) is 2.84. The lowest BCUT2D eigenvalue weighted by atomic mass is 10.00. The second-order valence-electron chi connectivity index (χ2n) is 7.49. The highest BCUT2D eigenvalue weighted by Gasteiger charge is 2.54. The van der Waals surface area contributed by atoms with Crippen LogP contribution in [0.1, 0.15) is 31.2 Å². The summed E-state index contributed by atoms with van der Waals surface area (Å²) in [7, 11) is 0. The molecular weight excluding hydrogens is 340 g/mol. The van der Waals surface area contributed by atoms with Crippen molar-refractivity contribution in [3.63, 3.8) is 0 Å². The van der Waals surface area contributed by atoms with E-state index < -0.39 is 5.72 Å². The lowest BCUT2D eigenvalue weighted by molar-refractivity contribution is -0.534. The van der Waals surface area contributed by atoms with Crippen molar-refractivity contribution in [1.82, 2.24) is 0 Å². The van der Waals surface area contributed by atoms with Crippen LogP contribution in [0.2, 0.25) is 0 Å². The van der Waals surface area contributed by atoms with E-state index in [0.29, 0.717) is 19.8 Å². The molecule has 27 heavy (non-hydrogen) atoms. The first kappa shape index (κ1) is 16.6. The van der Waals surface area contributed by atoms with Crippen molar-refractivity contribution in [2.45, 2.75) is 31.4 Å². The van der Waals surface area contributed by atoms with Gasteiger partial charge in [-0.2, -0.15) is 4.90 Å². The van der Waals surface area contributed by atoms with Gasteiger partial charge in [0.2, 0.25) is 0 Å². The number of ether oxygens (including phenoxy) is 2. The molecule has 0 saturated carbocycles. The van der Waals surface area contributed by atoms with Gasteiger partial charge in [0.05, 0.1) is 6.54 Å². The molecular formula is C22H25N2O3+. The Bertz CT molecular complexity index is 880. The van der Waals surface area contributed by atoms with Crippen LogP contribution in [0.4, 0.5) is 5.69 Å². The number of aliphatic hydroxyl groups is 1. The summed E-state index contributed by atoms with van der Waals surface area (Å²) in [5, 5.41) is 11.9. The number of anilines is 1. The van der Waals surface area contributed by atoms with E-state index in [1.165, 1.54) is 18.7 Å². The number of hydrogen-bond donors (Lipinski definition) is 1. The molecule has 3 heterocycles. The molecule has 5 nitrogen and oxygen atoms in total. The monoisotopic (exact) mass is 365 g/mol. The Morgan fingerprint density at radius 3 is 2.59 bits per heavy atom. The van der Waals surface area contributed by atoms with E-state index in [1.54, 1.807) is 0 Å². The molecule has 0 fully saturated rings. The van der Waals surface area contributed by atoms with Crippen molar-refractivity contribution in [2.24, 2.45) is 0 Å². The minimum absolute atomic E-state index is 0.558. The molecule has 2 aromatic carbocycles. The van der Waals surface area contributed by atoms with Gasteiger partial charge in [-0.3, -0.25) is 4.58 Å². The zero-order valence-electron chi connectivity index (χ0n) is 15.4. The zero-order valence-corrected chi connectivity index (χ0v) is 15.4. The first-order chi connectivity index (χ1) is 13.3. The predicted octanol–water partition coefficient (Wildman–Crippen LogP) is 3.11. The van der Waals surface area contributed by atoms with Gasteiger partial charge in [-0.25, -0.2) is 0 Å². The van der Waals surface area contributed by atoms with Crippen LogP contribution in [0.25, 0.3) is 0 Å². The van der Waals surface area contributed by atoms with Gasteiger partial charge in [-0.05, 0) is 31.4 Å². The number of fused-ring (bicyclic) bond motifs is 1. The predicted molar refractivity (Wildman–Crippen MR) is 104 cm³/mol. The molecule has 0 aliphatic carbocycles. The molecule has 0 spiro atoms. The highest BCUT2D eigenvalue weighted by molar-refractivity contribution is 5.97. The van der Waals surface area contributed by atoms with Crippen molar-refractivity contribution >= 4 is 11.5 Å². The summed E-state index contributed by atoms with van der Waals surface area (Å²) in [4.78, 5) is 2.12. The number of nitrogens with zero attached hydrogens (tertiary/aromatic N) is 2. The third kappa shape index (κ3) is 2.77. The molecule has 0 unspecified atom stereocenters. The molecule has 0 amide bonds. The van der Waals surface area contributed by atoms with Crippen molar-refractivity contribution in [1.29, 1.82) is 0 Å². The maximum Gasteiger partial charge on any atom is 0.275 e. The third-order valence-corrected chi connectivity index (χ3v) is 5.75. The molecule has 1 N–H and O–H groups in total. The second-order valence-corrected chi connectivity index (χ2v) is 7.49. The van der Waals surface area contributed by atoms with Gasteiger partial charge < -0.3 is 14.6 Å². The number of hydrogen-bond acceptors (Lipinski definition) is 4. The fourth-order valence-corrected chi connectivity index (χ4v) is 4.48. The smallest absolute Gasteiger partial charge is 0.275 e. The SMILES string of the molecule is O[C@]1(c2ccccc2)C[N+]2=C(CCCCC2)N1c1ccc2c(c1)OCCO2. The summed E-state index contributed by atoms with van der Waals surface area (Å²) in [5.74, 6) is 2.73. The minimum atomic E-state index is -1.09. The van der Waals surface area contributed by atoms with E-state index in [0.717, 1.165) is 42.1 Å². The van der Waals surface area contributed by atoms with E-state index in [1.807, 2.05) is 48.5 Å². The van der Waals surface area contributed by atoms with Gasteiger partial charge in [0.15, 0.2) is 18.0 Å². The molecule has 5 rings (SSSR count). The Morgan fingerprint density at radius 1 is 0.926 bits per heavy atom. The molecule has 1 atom stereocenters. The van der Waals surface area contributed by atoms with Crippen LogP contribution in [0, 0.1) is 0 Å². The lowest BCUT2D eigenvalue weighted by Gasteiger charge is -2.30. The Morgan fingerprint density at radius 2 is 1.74 bits per heavy atom. The van der Waals surface area contributed by atoms with Gasteiger partial charge in [0.25, 0.3) is 11.6 Å². The third-order valence-electron chi connectivity index (χ3n) is 5.75. The van der Waals surface area contributed by atoms with Crippen LogP contribution in [0.15, 0.2) is 48.5 Å². The molecule has 0 bridgehead atoms. The summed E-state index contributed by atoms with van der Waals surface area (Å²) in [6.45, 7) is 2.71. The molecule has 0 saturated heterocycles. The number of rotatable bonds is 2. The summed E-state index contributed by atoms with van der Waals surface area (Å²) in [6, 6.07) is 16.0. The second kappa shape index (κ2) is 6.57. The molecule has 5 heteroatoms. The summed E-state index contributed by atoms with van der Waals surface area (Å²) in [5.41, 5.74) is 0.781. The van der Waals surface area contributed by atoms with Crippen LogP contribution in [-0.4, -0.2) is 41.8 Å². The van der Waals surface area contributed by atoms with Gasteiger partial charge in [-0.1, -0.05) is 30.3 Å². The average molecular weight is 365 g/mol. The van der Waals surface area contributed by atoms with Crippen LogP contribution < -0.4 is 14.4 Å². The molecule has 0 radical (unpaired) electrons. The minimum Gasteiger partial charge on any atom is -0.486 e. The van der Waals surface area contributed by atoms with Gasteiger partial charge in [-0.15, -0.1) is 0 Å². The van der Waals surface area contributed by atoms with E-state index in [4.69, 9.17) is 9.47 Å². The van der Waals surface area contributed by atoms with Gasteiger partial charge in [0.1, 0.15) is 18.9 Å². The van der Waals surface area contributed by atoms with E-state index >= 15 is 0 Å². The maximum absolute atomic E-state index is 11.9. The Hall–Kier alpha value is -2.53. The molecule has 0 aromatic heterocycles. The summed E-state index contributed by atoms with van der Waals surface area (Å²) >= 11 is 0. The van der Waals surface area contributed by atoms with Crippen molar-refractivity contribution in [2.75, 3.05) is 31.2 Å². The maximum atomic E-state index is 11.9. The first-order valence-electron chi connectivity index (χ1n) is 9.84. The highest BCUT2D eigenvalue weighted by Crippen LogP contribution is 2.41. The fraction of sp³-hybridized carbons (Fsp3) is 0.409. The number of benzene rings is 2. The first-order valence-corrected chi connectivity index (χ1v) is 9.84. The lowest BCUT2D eigenvalue weighted by Crippen LogP contribution is -2.47. The Balaban J connectivity index is 1.63. The van der Waals surface area contributed by atoms with Crippen molar-refractivity contribution in [3.05, 3.63) is 54.1 Å². The van der Waals surface area contributed by atoms with E-state index in [-0.39, 0.29) is 0 Å². The standard InChI is InChI=1S/C22H25N2O3/c25-22(17-7-3-1-4-8-17)16-23-12-6-2-5-9-21(23)24(22)18-10-11-19-20(15-18)27-14-13-26-19/h1,3-4,7-8,10-11,15,25H,2,5-6,9,12-14,16H2/q+1/t22-/m0/s1. The zero-order chi connectivity index (χ0) is 18.3. The van der Waals surface area contributed by atoms with Gasteiger partial charge >= 0.3 is 0 Å². The van der Waals surface area contributed by atoms with Crippen LogP contribution in [-0.2, 0) is 5.72 Å². The fourth-order valence-electron chi connectivity index (χ4n) is 4.48. The van der Waals surface area contributed by atoms with Gasteiger partial charge in [0, 0.05) is 18.1 Å². The Kier molecular flexibility index (Phi) is 4.05. The topological polar surface area (TPSA) is 44.9 Å².